The molecule has 2 aliphatic heterocycles. The van der Waals surface area contributed by atoms with Gasteiger partial charge >= 0.3 is 6.15 Å². The number of imidazole rings is 2. The highest BCUT2D eigenvalue weighted by atomic mass is 32.1. The maximum atomic E-state index is 8.12. The van der Waals surface area contributed by atoms with E-state index in [9.17, 15) is 0 Å². The molecule has 2 saturated heterocycles. The van der Waals surface area contributed by atoms with Crippen LogP contribution in [0.5, 0.6) is 0 Å². The molecular weight excluding hydrogens is 574 g/mol. The summed E-state index contributed by atoms with van der Waals surface area (Å²) in [6.45, 7) is 7.62. The van der Waals surface area contributed by atoms with E-state index < -0.39 is 0 Å². The van der Waals surface area contributed by atoms with Gasteiger partial charge in [-0.15, -0.1) is 11.3 Å². The zero-order chi connectivity index (χ0) is 30.5. The Labute approximate surface area is 259 Å². The van der Waals surface area contributed by atoms with Crippen LogP contribution in [-0.4, -0.2) is 56.7 Å². The van der Waals surface area contributed by atoms with E-state index >= 15 is 0 Å². The monoisotopic (exact) mass is 609 g/mol. The van der Waals surface area contributed by atoms with Crippen LogP contribution >= 0.6 is 11.3 Å². The second-order valence-corrected chi connectivity index (χ2v) is 12.0. The van der Waals surface area contributed by atoms with Crippen molar-refractivity contribution in [1.29, 1.82) is 0 Å². The van der Waals surface area contributed by atoms with Crippen LogP contribution in [0.15, 0.2) is 66.7 Å². The molecule has 0 radical (unpaired) electrons. The molecule has 0 atom stereocenters. The molecule has 5 heterocycles. The molecule has 0 N–H and O–H groups in total. The summed E-state index contributed by atoms with van der Waals surface area (Å²) in [5, 5.41) is 1.06. The van der Waals surface area contributed by atoms with Gasteiger partial charge in [0.15, 0.2) is 0 Å². The van der Waals surface area contributed by atoms with Gasteiger partial charge in [-0.1, -0.05) is 24.3 Å². The standard InChI is InChI=1S/C20H19N3OS.C13H16N2O.CO2/c1-13-21-17-12-14(20-22-16-4-2-3-5-19(16)25-20)6-7-18(17)23(13)15-8-10-24-11-9-15;1-10-14-12-4-2-3-5-13(12)15(10)11-6-8-16-9-7-11;2-1-3/h2-7,12,15H,8-11H2,1H3;2-5,11H,6-9H2,1H3;. The van der Waals surface area contributed by atoms with Gasteiger partial charge in [-0.05, 0) is 82.0 Å². The summed E-state index contributed by atoms with van der Waals surface area (Å²) in [5.74, 6) is 2.21. The summed E-state index contributed by atoms with van der Waals surface area (Å²) in [6, 6.07) is 24.3. The van der Waals surface area contributed by atoms with Crippen molar-refractivity contribution in [1.82, 2.24) is 24.1 Å². The SMILES string of the molecule is Cc1nc2cc(-c3nc4ccccc4s3)ccc2n1C1CCOCC1.Cc1nc2ccccc2n1C1CCOCC1.O=C=O. The second kappa shape index (κ2) is 13.6. The fourth-order valence-electron chi connectivity index (χ4n) is 6.32. The van der Waals surface area contributed by atoms with Crippen LogP contribution in [0.2, 0.25) is 0 Å². The molecule has 0 spiro atoms. The van der Waals surface area contributed by atoms with E-state index in [1.807, 2.05) is 12.1 Å². The number of benzene rings is 3. The van der Waals surface area contributed by atoms with Crippen LogP contribution < -0.4 is 0 Å². The van der Waals surface area contributed by atoms with E-state index in [-0.39, 0.29) is 6.15 Å². The molecule has 6 aromatic rings. The predicted molar refractivity (Wildman–Crippen MR) is 171 cm³/mol. The number of aryl methyl sites for hydroxylation is 2. The third-order valence-corrected chi connectivity index (χ3v) is 9.38. The number of ether oxygens (including phenoxy) is 2. The summed E-state index contributed by atoms with van der Waals surface area (Å²) in [4.78, 5) is 30.5. The average molecular weight is 610 g/mol. The van der Waals surface area contributed by atoms with Crippen LogP contribution in [0, 0.1) is 13.8 Å². The number of aromatic nitrogens is 5. The van der Waals surface area contributed by atoms with Crippen LogP contribution in [-0.2, 0) is 19.1 Å². The smallest absolute Gasteiger partial charge is 0.373 e. The minimum absolute atomic E-state index is 0.250. The van der Waals surface area contributed by atoms with Gasteiger partial charge in [0.25, 0.3) is 0 Å². The molecule has 44 heavy (non-hydrogen) atoms. The molecule has 9 nitrogen and oxygen atoms in total. The lowest BCUT2D eigenvalue weighted by atomic mass is 10.1. The number of hydrogen-bond donors (Lipinski definition) is 0. The lowest BCUT2D eigenvalue weighted by Crippen LogP contribution is -2.20. The number of thiazole rings is 1. The van der Waals surface area contributed by atoms with Gasteiger partial charge in [0.2, 0.25) is 0 Å². The topological polar surface area (TPSA) is 101 Å². The third kappa shape index (κ3) is 6.21. The highest BCUT2D eigenvalue weighted by molar-refractivity contribution is 7.21. The first-order valence-corrected chi connectivity index (χ1v) is 15.8. The molecule has 0 amide bonds. The van der Waals surface area contributed by atoms with Gasteiger partial charge in [0, 0.05) is 44.1 Å². The van der Waals surface area contributed by atoms with E-state index in [1.54, 1.807) is 11.3 Å². The van der Waals surface area contributed by atoms with E-state index in [0.29, 0.717) is 12.1 Å². The second-order valence-electron chi connectivity index (χ2n) is 11.0. The van der Waals surface area contributed by atoms with Crippen molar-refractivity contribution < 1.29 is 19.1 Å². The number of para-hydroxylation sites is 3. The van der Waals surface area contributed by atoms with Crippen molar-refractivity contribution in [2.24, 2.45) is 0 Å². The van der Waals surface area contributed by atoms with Gasteiger partial charge in [-0.3, -0.25) is 0 Å². The number of fused-ring (bicyclic) bond motifs is 3. The summed E-state index contributed by atoms with van der Waals surface area (Å²) in [7, 11) is 0. The van der Waals surface area contributed by atoms with Crippen LogP contribution in [0.25, 0.3) is 42.9 Å². The fraction of sp³-hybridized carbons (Fsp3) is 0.353. The fourth-order valence-corrected chi connectivity index (χ4v) is 7.28. The first kappa shape index (κ1) is 29.8. The number of nitrogens with zero attached hydrogens (tertiary/aromatic N) is 5. The first-order valence-electron chi connectivity index (χ1n) is 15.0. The molecular formula is C34H35N5O4S. The molecule has 2 fully saturated rings. The van der Waals surface area contributed by atoms with Crippen LogP contribution in [0.3, 0.4) is 0 Å². The Morgan fingerprint density at radius 1 is 0.682 bits per heavy atom. The molecule has 2 aliphatic rings. The molecule has 3 aromatic heterocycles. The Morgan fingerprint density at radius 3 is 1.82 bits per heavy atom. The summed E-state index contributed by atoms with van der Waals surface area (Å²) in [5.41, 5.74) is 6.84. The van der Waals surface area contributed by atoms with Gasteiger partial charge in [0.05, 0.1) is 32.3 Å². The summed E-state index contributed by atoms with van der Waals surface area (Å²) < 4.78 is 16.9. The van der Waals surface area contributed by atoms with Gasteiger partial charge < -0.3 is 18.6 Å². The molecule has 8 rings (SSSR count). The molecule has 3 aromatic carbocycles. The largest absolute Gasteiger partial charge is 0.381 e. The van der Waals surface area contributed by atoms with Crippen LogP contribution in [0.4, 0.5) is 0 Å². The lowest BCUT2D eigenvalue weighted by Gasteiger charge is -2.25. The Hall–Kier alpha value is -4.21. The van der Waals surface area contributed by atoms with Crippen molar-refractivity contribution in [2.75, 3.05) is 26.4 Å². The zero-order valence-corrected chi connectivity index (χ0v) is 25.8. The molecule has 0 unspecified atom stereocenters. The Balaban J connectivity index is 0.000000155. The average Bonchev–Trinajstić information content (AvgIpc) is 3.74. The number of hydrogen-bond acceptors (Lipinski definition) is 8. The van der Waals surface area contributed by atoms with Crippen molar-refractivity contribution in [3.05, 3.63) is 78.4 Å². The normalized spacial score (nSPS) is 15.9. The Morgan fingerprint density at radius 2 is 1.20 bits per heavy atom. The van der Waals surface area contributed by atoms with Crippen molar-refractivity contribution in [3.8, 4) is 10.6 Å². The summed E-state index contributed by atoms with van der Waals surface area (Å²) >= 11 is 1.74. The Bertz CT molecular complexity index is 1870. The van der Waals surface area contributed by atoms with Crippen molar-refractivity contribution in [3.63, 3.8) is 0 Å². The Kier molecular flexibility index (Phi) is 9.23. The lowest BCUT2D eigenvalue weighted by molar-refractivity contribution is -0.191. The number of carbonyl (C=O) groups excluding carboxylic acids is 2. The van der Waals surface area contributed by atoms with Crippen LogP contribution in [0.1, 0.15) is 49.4 Å². The predicted octanol–water partition coefficient (Wildman–Crippen LogP) is 7.09. The zero-order valence-electron chi connectivity index (χ0n) is 24.9. The minimum Gasteiger partial charge on any atom is -0.381 e. The van der Waals surface area contributed by atoms with Gasteiger partial charge in [-0.25, -0.2) is 15.0 Å². The highest BCUT2D eigenvalue weighted by Crippen LogP contribution is 2.34. The van der Waals surface area contributed by atoms with Gasteiger partial charge in [0.1, 0.15) is 16.7 Å². The molecule has 226 valence electrons. The van der Waals surface area contributed by atoms with Crippen molar-refractivity contribution in [2.45, 2.75) is 51.6 Å². The highest BCUT2D eigenvalue weighted by Gasteiger charge is 2.21. The third-order valence-electron chi connectivity index (χ3n) is 8.29. The van der Waals surface area contributed by atoms with E-state index in [1.165, 1.54) is 15.7 Å². The molecule has 0 saturated carbocycles. The molecule has 0 aliphatic carbocycles. The summed E-state index contributed by atoms with van der Waals surface area (Å²) in [6.07, 6.45) is 4.57. The first-order chi connectivity index (χ1) is 21.6. The maximum absolute atomic E-state index is 8.12. The molecule has 10 heteroatoms. The minimum atomic E-state index is 0.250. The van der Waals surface area contributed by atoms with E-state index in [2.05, 4.69) is 82.6 Å². The number of rotatable bonds is 3. The maximum Gasteiger partial charge on any atom is 0.373 e. The quantitative estimate of drug-likeness (QED) is 0.211. The van der Waals surface area contributed by atoms with E-state index in [4.69, 9.17) is 29.0 Å². The van der Waals surface area contributed by atoms with Gasteiger partial charge in [-0.2, -0.15) is 9.59 Å². The van der Waals surface area contributed by atoms with E-state index in [0.717, 1.165) is 90.9 Å². The molecule has 0 bridgehead atoms. The van der Waals surface area contributed by atoms with Crippen molar-refractivity contribution >= 4 is 49.8 Å².